The standard InChI is InChI=1S/C20H20Cl2N4O3/c1-29-18-11-14(3-4-15(18)22)24-6-8-25(9-7-24)19(27)12-26-17-5-2-13(21)10-16(17)23-20(26)28/h2-5,10-11H,6-9,12H2,1H3,(H,23,28). The van der Waals surface area contributed by atoms with Crippen LogP contribution in [0.25, 0.3) is 11.0 Å². The van der Waals surface area contributed by atoms with Gasteiger partial charge in [0.2, 0.25) is 5.91 Å². The van der Waals surface area contributed by atoms with E-state index in [1.165, 1.54) is 4.57 Å². The smallest absolute Gasteiger partial charge is 0.326 e. The summed E-state index contributed by atoms with van der Waals surface area (Å²) in [5, 5.41) is 1.10. The molecule has 0 saturated carbocycles. The number of aromatic amines is 1. The molecular formula is C20H20Cl2N4O3. The number of carbonyl (C=O) groups is 1. The fourth-order valence-corrected chi connectivity index (χ4v) is 3.95. The van der Waals surface area contributed by atoms with Crippen molar-refractivity contribution < 1.29 is 9.53 Å². The van der Waals surface area contributed by atoms with Gasteiger partial charge in [0.15, 0.2) is 0 Å². The Morgan fingerprint density at radius 3 is 2.59 bits per heavy atom. The van der Waals surface area contributed by atoms with E-state index in [4.69, 9.17) is 27.9 Å². The van der Waals surface area contributed by atoms with Crippen LogP contribution in [0, 0.1) is 0 Å². The highest BCUT2D eigenvalue weighted by molar-refractivity contribution is 6.32. The van der Waals surface area contributed by atoms with Gasteiger partial charge in [0, 0.05) is 43.0 Å². The normalized spacial score (nSPS) is 14.4. The molecule has 1 N–H and O–H groups in total. The number of nitrogens with one attached hydrogen (secondary N) is 1. The van der Waals surface area contributed by atoms with E-state index in [0.29, 0.717) is 53.0 Å². The Morgan fingerprint density at radius 2 is 1.86 bits per heavy atom. The number of hydrogen-bond acceptors (Lipinski definition) is 4. The molecule has 4 rings (SSSR count). The van der Waals surface area contributed by atoms with E-state index in [-0.39, 0.29) is 18.1 Å². The Morgan fingerprint density at radius 1 is 1.10 bits per heavy atom. The van der Waals surface area contributed by atoms with Crippen molar-refractivity contribution in [1.29, 1.82) is 0 Å². The molecule has 0 radical (unpaired) electrons. The molecule has 7 nitrogen and oxygen atoms in total. The van der Waals surface area contributed by atoms with Gasteiger partial charge in [-0.1, -0.05) is 23.2 Å². The first-order chi connectivity index (χ1) is 14.0. The number of amides is 1. The first-order valence-electron chi connectivity index (χ1n) is 9.20. The molecule has 3 aromatic rings. The maximum atomic E-state index is 12.8. The Kier molecular flexibility index (Phi) is 5.43. The van der Waals surface area contributed by atoms with Crippen molar-refractivity contribution in [2.45, 2.75) is 6.54 Å². The molecule has 9 heteroatoms. The van der Waals surface area contributed by atoms with E-state index in [1.54, 1.807) is 30.2 Å². The average molecular weight is 435 g/mol. The minimum Gasteiger partial charge on any atom is -0.495 e. The molecule has 1 aliphatic rings. The fraction of sp³-hybridized carbons (Fsp3) is 0.300. The molecule has 0 unspecified atom stereocenters. The zero-order valence-corrected chi connectivity index (χ0v) is 17.3. The van der Waals surface area contributed by atoms with Crippen LogP contribution in [0.4, 0.5) is 5.69 Å². The van der Waals surface area contributed by atoms with Crippen molar-refractivity contribution in [1.82, 2.24) is 14.5 Å². The first-order valence-corrected chi connectivity index (χ1v) is 9.96. The van der Waals surface area contributed by atoms with E-state index in [0.717, 1.165) is 5.69 Å². The molecule has 2 aromatic carbocycles. The number of H-pyrrole nitrogens is 1. The second-order valence-electron chi connectivity index (χ2n) is 6.86. The number of benzene rings is 2. The van der Waals surface area contributed by atoms with Gasteiger partial charge < -0.3 is 19.5 Å². The lowest BCUT2D eigenvalue weighted by atomic mass is 10.2. The summed E-state index contributed by atoms with van der Waals surface area (Å²) in [6, 6.07) is 10.8. The summed E-state index contributed by atoms with van der Waals surface area (Å²) in [5.74, 6) is 0.540. The van der Waals surface area contributed by atoms with Gasteiger partial charge in [0.1, 0.15) is 12.3 Å². The molecule has 0 aliphatic carbocycles. The summed E-state index contributed by atoms with van der Waals surface area (Å²) in [6.45, 7) is 2.53. The number of nitrogens with zero attached hydrogens (tertiary/aromatic N) is 3. The van der Waals surface area contributed by atoms with Crippen LogP contribution in [-0.2, 0) is 11.3 Å². The molecule has 0 atom stereocenters. The zero-order chi connectivity index (χ0) is 20.5. The molecule has 1 aliphatic heterocycles. The first kappa shape index (κ1) is 19.7. The quantitative estimate of drug-likeness (QED) is 0.684. The predicted octanol–water partition coefficient (Wildman–Crippen LogP) is 2.99. The van der Waals surface area contributed by atoms with Crippen LogP contribution in [0.3, 0.4) is 0 Å². The Balaban J connectivity index is 1.43. The number of imidazole rings is 1. The summed E-state index contributed by atoms with van der Waals surface area (Å²) >= 11 is 12.1. The average Bonchev–Trinajstić information content (AvgIpc) is 3.02. The van der Waals surface area contributed by atoms with Gasteiger partial charge >= 0.3 is 5.69 Å². The Bertz CT molecular complexity index is 1120. The monoisotopic (exact) mass is 434 g/mol. The molecule has 1 fully saturated rings. The summed E-state index contributed by atoms with van der Waals surface area (Å²) in [6.07, 6.45) is 0. The molecule has 1 aromatic heterocycles. The topological polar surface area (TPSA) is 70.6 Å². The van der Waals surface area contributed by atoms with Crippen LogP contribution in [0.1, 0.15) is 0 Å². The van der Waals surface area contributed by atoms with E-state index in [1.807, 2.05) is 18.2 Å². The van der Waals surface area contributed by atoms with Crippen LogP contribution in [0.5, 0.6) is 5.75 Å². The number of carbonyl (C=O) groups excluding carboxylic acids is 1. The maximum absolute atomic E-state index is 12.8. The minimum absolute atomic E-state index is 0.00473. The number of methoxy groups -OCH3 is 1. The highest BCUT2D eigenvalue weighted by atomic mass is 35.5. The van der Waals surface area contributed by atoms with E-state index >= 15 is 0 Å². The molecule has 2 heterocycles. The number of halogens is 2. The predicted molar refractivity (Wildman–Crippen MR) is 114 cm³/mol. The largest absolute Gasteiger partial charge is 0.495 e. The van der Waals surface area contributed by atoms with Crippen LogP contribution < -0.4 is 15.3 Å². The molecule has 0 bridgehead atoms. The van der Waals surface area contributed by atoms with Gasteiger partial charge in [0.05, 0.1) is 23.2 Å². The van der Waals surface area contributed by atoms with Crippen molar-refractivity contribution in [2.24, 2.45) is 0 Å². The molecule has 152 valence electrons. The fourth-order valence-electron chi connectivity index (χ4n) is 3.59. The van der Waals surface area contributed by atoms with Gasteiger partial charge in [-0.25, -0.2) is 4.79 Å². The third-order valence-electron chi connectivity index (χ3n) is 5.16. The number of piperazine rings is 1. The molecule has 1 saturated heterocycles. The summed E-state index contributed by atoms with van der Waals surface area (Å²) in [7, 11) is 1.59. The summed E-state index contributed by atoms with van der Waals surface area (Å²) in [5.41, 5.74) is 1.97. The van der Waals surface area contributed by atoms with Gasteiger partial charge in [-0.05, 0) is 30.3 Å². The third-order valence-corrected chi connectivity index (χ3v) is 5.71. The number of rotatable bonds is 4. The number of fused-ring (bicyclic) bond motifs is 1. The summed E-state index contributed by atoms with van der Waals surface area (Å²) in [4.78, 5) is 31.7. The lowest BCUT2D eigenvalue weighted by Crippen LogP contribution is -2.50. The van der Waals surface area contributed by atoms with Crippen LogP contribution >= 0.6 is 23.2 Å². The van der Waals surface area contributed by atoms with Gasteiger partial charge in [-0.15, -0.1) is 0 Å². The van der Waals surface area contributed by atoms with E-state index < -0.39 is 0 Å². The molecular weight excluding hydrogens is 415 g/mol. The summed E-state index contributed by atoms with van der Waals surface area (Å²) < 4.78 is 6.73. The van der Waals surface area contributed by atoms with Crippen molar-refractivity contribution in [3.05, 3.63) is 56.9 Å². The van der Waals surface area contributed by atoms with Crippen molar-refractivity contribution in [3.63, 3.8) is 0 Å². The molecule has 1 amide bonds. The zero-order valence-electron chi connectivity index (χ0n) is 15.8. The van der Waals surface area contributed by atoms with Gasteiger partial charge in [0.25, 0.3) is 0 Å². The van der Waals surface area contributed by atoms with Crippen molar-refractivity contribution in [3.8, 4) is 5.75 Å². The number of anilines is 1. The highest BCUT2D eigenvalue weighted by Gasteiger charge is 2.23. The molecule has 29 heavy (non-hydrogen) atoms. The second-order valence-corrected chi connectivity index (χ2v) is 7.71. The van der Waals surface area contributed by atoms with E-state index in [2.05, 4.69) is 9.88 Å². The highest BCUT2D eigenvalue weighted by Crippen LogP contribution is 2.29. The van der Waals surface area contributed by atoms with Crippen LogP contribution in [0.2, 0.25) is 10.0 Å². The van der Waals surface area contributed by atoms with Crippen molar-refractivity contribution >= 4 is 45.8 Å². The number of ether oxygens (including phenoxy) is 1. The Labute approximate surface area is 177 Å². The second kappa shape index (κ2) is 8.00. The third kappa shape index (κ3) is 3.93. The van der Waals surface area contributed by atoms with Crippen LogP contribution in [-0.4, -0.2) is 53.6 Å². The van der Waals surface area contributed by atoms with Crippen molar-refractivity contribution in [2.75, 3.05) is 38.2 Å². The SMILES string of the molecule is COc1cc(N2CCN(C(=O)Cn3c(=O)[nH]c4cc(Cl)ccc43)CC2)ccc1Cl. The van der Waals surface area contributed by atoms with E-state index in [9.17, 15) is 9.59 Å². The number of aromatic nitrogens is 2. The maximum Gasteiger partial charge on any atom is 0.326 e. The lowest BCUT2D eigenvalue weighted by Gasteiger charge is -2.36. The van der Waals surface area contributed by atoms with Gasteiger partial charge in [-0.3, -0.25) is 9.36 Å². The van der Waals surface area contributed by atoms with Crippen LogP contribution in [0.15, 0.2) is 41.2 Å². The molecule has 0 spiro atoms. The lowest BCUT2D eigenvalue weighted by molar-refractivity contribution is -0.132. The number of hydrogen-bond donors (Lipinski definition) is 1. The minimum atomic E-state index is -0.317. The van der Waals surface area contributed by atoms with Gasteiger partial charge in [-0.2, -0.15) is 0 Å². The Hall–Kier alpha value is -2.64.